The molecule has 1 N–H and O–H groups in total. The molecule has 0 radical (unpaired) electrons. The third kappa shape index (κ3) is 2.85. The summed E-state index contributed by atoms with van der Waals surface area (Å²) in [5, 5.41) is 3.66. The van der Waals surface area contributed by atoms with Gasteiger partial charge in [-0.25, -0.2) is 0 Å². The van der Waals surface area contributed by atoms with E-state index >= 15 is 0 Å². The second-order valence-electron chi connectivity index (χ2n) is 5.43. The van der Waals surface area contributed by atoms with Gasteiger partial charge in [0.25, 0.3) is 0 Å². The van der Waals surface area contributed by atoms with Crippen molar-refractivity contribution >= 4 is 0 Å². The van der Waals surface area contributed by atoms with Crippen LogP contribution in [0.3, 0.4) is 0 Å². The quantitative estimate of drug-likeness (QED) is 0.803. The number of hydrogen-bond donors (Lipinski definition) is 1. The molecule has 15 heavy (non-hydrogen) atoms. The summed E-state index contributed by atoms with van der Waals surface area (Å²) in [5.41, 5.74) is 0.527. The van der Waals surface area contributed by atoms with Crippen molar-refractivity contribution in [3.05, 3.63) is 24.2 Å². The molecule has 2 unspecified atom stereocenters. The molecule has 2 rings (SSSR count). The van der Waals surface area contributed by atoms with Gasteiger partial charge in [0.05, 0.1) is 6.26 Å². The van der Waals surface area contributed by atoms with Crippen molar-refractivity contribution in [3.63, 3.8) is 0 Å². The number of aryl methyl sites for hydroxylation is 1. The Bertz CT molecular complexity index is 302. The molecule has 0 amide bonds. The highest BCUT2D eigenvalue weighted by molar-refractivity contribution is 5.03. The van der Waals surface area contributed by atoms with E-state index in [1.54, 1.807) is 6.26 Å². The maximum absolute atomic E-state index is 5.32. The minimum Gasteiger partial charge on any atom is -0.469 e. The van der Waals surface area contributed by atoms with Gasteiger partial charge in [-0.2, -0.15) is 0 Å². The van der Waals surface area contributed by atoms with Crippen molar-refractivity contribution < 1.29 is 4.42 Å². The number of hydrogen-bond acceptors (Lipinski definition) is 2. The Morgan fingerprint density at radius 2 is 2.33 bits per heavy atom. The predicted molar refractivity (Wildman–Crippen MR) is 61.8 cm³/mol. The van der Waals surface area contributed by atoms with Crippen molar-refractivity contribution in [2.24, 2.45) is 5.41 Å². The Kier molecular flexibility index (Phi) is 2.87. The van der Waals surface area contributed by atoms with Crippen LogP contribution in [0.4, 0.5) is 0 Å². The number of rotatable bonds is 5. The minimum atomic E-state index is 0.527. The first-order valence-corrected chi connectivity index (χ1v) is 5.86. The summed E-state index contributed by atoms with van der Waals surface area (Å²) < 4.78 is 5.32. The number of nitrogens with one attached hydrogen (secondary N) is 1. The summed E-state index contributed by atoms with van der Waals surface area (Å²) in [6.45, 7) is 6.91. The molecular formula is C13H21NO. The van der Waals surface area contributed by atoms with Gasteiger partial charge in [-0.1, -0.05) is 13.8 Å². The zero-order valence-corrected chi connectivity index (χ0v) is 9.92. The van der Waals surface area contributed by atoms with Gasteiger partial charge < -0.3 is 9.73 Å². The van der Waals surface area contributed by atoms with Crippen molar-refractivity contribution in [2.45, 2.75) is 52.1 Å². The van der Waals surface area contributed by atoms with E-state index < -0.39 is 0 Å². The van der Waals surface area contributed by atoms with Crippen molar-refractivity contribution in [3.8, 4) is 0 Å². The Morgan fingerprint density at radius 3 is 2.87 bits per heavy atom. The van der Waals surface area contributed by atoms with Gasteiger partial charge in [-0.15, -0.1) is 0 Å². The molecule has 0 bridgehead atoms. The highest BCUT2D eigenvalue weighted by Gasteiger charge is 2.45. The lowest BCUT2D eigenvalue weighted by atomic mass is 10.1. The third-order valence-electron chi connectivity index (χ3n) is 3.40. The summed E-state index contributed by atoms with van der Waals surface area (Å²) >= 11 is 0. The summed E-state index contributed by atoms with van der Waals surface area (Å²) in [6, 6.07) is 5.32. The van der Waals surface area contributed by atoms with Crippen LogP contribution in [0.1, 0.15) is 39.4 Å². The van der Waals surface area contributed by atoms with Crippen LogP contribution in [0.15, 0.2) is 22.8 Å². The summed E-state index contributed by atoms with van der Waals surface area (Å²) in [6.07, 6.45) is 5.25. The number of furan rings is 1. The molecule has 1 aliphatic carbocycles. The fourth-order valence-corrected chi connectivity index (χ4v) is 1.99. The topological polar surface area (TPSA) is 25.2 Å². The molecule has 1 saturated carbocycles. The van der Waals surface area contributed by atoms with Crippen LogP contribution in [0.2, 0.25) is 0 Å². The second kappa shape index (κ2) is 4.01. The lowest BCUT2D eigenvalue weighted by Crippen LogP contribution is -2.30. The molecule has 0 aromatic carbocycles. The monoisotopic (exact) mass is 207 g/mol. The molecule has 0 saturated heterocycles. The van der Waals surface area contributed by atoms with E-state index in [-0.39, 0.29) is 0 Å². The van der Waals surface area contributed by atoms with Crippen LogP contribution in [0.25, 0.3) is 0 Å². The van der Waals surface area contributed by atoms with Gasteiger partial charge in [0, 0.05) is 18.5 Å². The van der Waals surface area contributed by atoms with Gasteiger partial charge >= 0.3 is 0 Å². The van der Waals surface area contributed by atoms with Crippen LogP contribution in [-0.2, 0) is 6.42 Å². The summed E-state index contributed by atoms with van der Waals surface area (Å²) in [5.74, 6) is 1.10. The Balaban J connectivity index is 1.67. The summed E-state index contributed by atoms with van der Waals surface area (Å²) in [7, 11) is 0. The van der Waals surface area contributed by atoms with Gasteiger partial charge in [0.1, 0.15) is 5.76 Å². The van der Waals surface area contributed by atoms with Crippen LogP contribution in [0.5, 0.6) is 0 Å². The largest absolute Gasteiger partial charge is 0.469 e. The molecule has 2 atom stereocenters. The molecule has 0 aliphatic heterocycles. The Morgan fingerprint density at radius 1 is 1.60 bits per heavy atom. The average molecular weight is 207 g/mol. The zero-order chi connectivity index (χ0) is 10.9. The lowest BCUT2D eigenvalue weighted by Gasteiger charge is -2.14. The maximum atomic E-state index is 5.32. The lowest BCUT2D eigenvalue weighted by molar-refractivity contribution is 0.436. The van der Waals surface area contributed by atoms with E-state index in [0.717, 1.165) is 24.6 Å². The first-order valence-electron chi connectivity index (χ1n) is 5.86. The molecule has 1 aliphatic rings. The fourth-order valence-electron chi connectivity index (χ4n) is 1.99. The van der Waals surface area contributed by atoms with E-state index in [2.05, 4.69) is 26.1 Å². The Labute approximate surface area is 92.1 Å². The highest BCUT2D eigenvalue weighted by atomic mass is 16.3. The van der Waals surface area contributed by atoms with Crippen LogP contribution in [0, 0.1) is 5.41 Å². The van der Waals surface area contributed by atoms with Gasteiger partial charge in [-0.3, -0.25) is 0 Å². The highest BCUT2D eigenvalue weighted by Crippen LogP contribution is 2.44. The van der Waals surface area contributed by atoms with Crippen LogP contribution >= 0.6 is 0 Å². The smallest absolute Gasteiger partial charge is 0.103 e. The van der Waals surface area contributed by atoms with E-state index in [4.69, 9.17) is 4.42 Å². The fraction of sp³-hybridized carbons (Fsp3) is 0.692. The van der Waals surface area contributed by atoms with E-state index in [0.29, 0.717) is 11.5 Å². The molecule has 1 aromatic rings. The zero-order valence-electron chi connectivity index (χ0n) is 9.92. The first-order chi connectivity index (χ1) is 7.08. The molecule has 2 heteroatoms. The van der Waals surface area contributed by atoms with Crippen molar-refractivity contribution in [1.29, 1.82) is 0 Å². The normalized spacial score (nSPS) is 25.1. The molecular weight excluding hydrogens is 186 g/mol. The van der Waals surface area contributed by atoms with Gasteiger partial charge in [0.2, 0.25) is 0 Å². The van der Waals surface area contributed by atoms with E-state index in [9.17, 15) is 0 Å². The average Bonchev–Trinajstić information content (AvgIpc) is 2.65. The molecule has 84 valence electrons. The van der Waals surface area contributed by atoms with Crippen LogP contribution in [-0.4, -0.2) is 12.1 Å². The maximum Gasteiger partial charge on any atom is 0.103 e. The van der Waals surface area contributed by atoms with Crippen LogP contribution < -0.4 is 5.32 Å². The molecule has 1 fully saturated rings. The molecule has 2 nitrogen and oxygen atoms in total. The molecule has 1 aromatic heterocycles. The molecule has 0 spiro atoms. The van der Waals surface area contributed by atoms with Crippen molar-refractivity contribution in [1.82, 2.24) is 5.32 Å². The van der Waals surface area contributed by atoms with Crippen molar-refractivity contribution in [2.75, 3.05) is 0 Å². The van der Waals surface area contributed by atoms with Gasteiger partial charge in [0.15, 0.2) is 0 Å². The van der Waals surface area contributed by atoms with E-state index in [1.165, 1.54) is 6.42 Å². The third-order valence-corrected chi connectivity index (χ3v) is 3.40. The molecule has 1 heterocycles. The summed E-state index contributed by atoms with van der Waals surface area (Å²) in [4.78, 5) is 0. The predicted octanol–water partition coefficient (Wildman–Crippen LogP) is 2.99. The minimum absolute atomic E-state index is 0.527. The first kappa shape index (κ1) is 10.7. The van der Waals surface area contributed by atoms with Gasteiger partial charge in [-0.05, 0) is 37.3 Å². The Hall–Kier alpha value is -0.760. The SMILES string of the molecule is CC(CCc1ccco1)NC1CC1(C)C. The second-order valence-corrected chi connectivity index (χ2v) is 5.43. The standard InChI is InChI=1S/C13H21NO/c1-10(14-12-9-13(12,2)3)6-7-11-5-4-8-15-11/h4-5,8,10,12,14H,6-7,9H2,1-3H3. The van der Waals surface area contributed by atoms with E-state index in [1.807, 2.05) is 12.1 Å².